The molecule has 0 saturated carbocycles. The van der Waals surface area contributed by atoms with E-state index in [9.17, 15) is 14.9 Å². The lowest BCUT2D eigenvalue weighted by Crippen LogP contribution is -2.48. The minimum Gasteiger partial charge on any atom is -0.452 e. The third kappa shape index (κ3) is 3.79. The summed E-state index contributed by atoms with van der Waals surface area (Å²) in [5.74, 6) is -0.449. The fourth-order valence-corrected chi connectivity index (χ4v) is 2.05. The van der Waals surface area contributed by atoms with E-state index >= 15 is 0 Å². The van der Waals surface area contributed by atoms with Crippen LogP contribution in [0, 0.1) is 10.1 Å². The maximum absolute atomic E-state index is 11.1. The molecule has 0 aliphatic carbocycles. The highest BCUT2D eigenvalue weighted by molar-refractivity contribution is 5.66. The first kappa shape index (κ1) is 14.9. The topological polar surface area (TPSA) is 69.4 Å². The molecule has 0 rings (SSSR count). The van der Waals surface area contributed by atoms with Crippen molar-refractivity contribution in [2.45, 2.75) is 65.0 Å². The summed E-state index contributed by atoms with van der Waals surface area (Å²) in [7, 11) is 0. The number of rotatable bonds is 7. The minimum atomic E-state index is -0.946. The first-order valence-corrected chi connectivity index (χ1v) is 5.72. The van der Waals surface area contributed by atoms with E-state index in [0.717, 1.165) is 12.8 Å². The monoisotopic (exact) mass is 231 g/mol. The summed E-state index contributed by atoms with van der Waals surface area (Å²) in [4.78, 5) is 21.6. The van der Waals surface area contributed by atoms with Gasteiger partial charge in [-0.05, 0) is 12.8 Å². The van der Waals surface area contributed by atoms with Gasteiger partial charge in [-0.2, -0.15) is 0 Å². The van der Waals surface area contributed by atoms with Crippen molar-refractivity contribution in [3.8, 4) is 0 Å². The molecule has 0 aliphatic heterocycles. The Morgan fingerprint density at radius 1 is 1.38 bits per heavy atom. The summed E-state index contributed by atoms with van der Waals surface area (Å²) in [6, 6.07) is -0.865. The van der Waals surface area contributed by atoms with E-state index < -0.39 is 17.6 Å². The SMILES string of the molecule is CCCC(CCC)(OC(C)=O)C(C)[N+](=O)[O-]. The van der Waals surface area contributed by atoms with Gasteiger partial charge in [-0.3, -0.25) is 14.9 Å². The number of ether oxygens (including phenoxy) is 1. The van der Waals surface area contributed by atoms with Gasteiger partial charge in [0.2, 0.25) is 6.04 Å². The molecule has 1 atom stereocenters. The van der Waals surface area contributed by atoms with Crippen molar-refractivity contribution in [3.05, 3.63) is 10.1 Å². The van der Waals surface area contributed by atoms with Crippen LogP contribution in [0.5, 0.6) is 0 Å². The Morgan fingerprint density at radius 3 is 2.06 bits per heavy atom. The molecule has 0 aliphatic rings. The molecule has 0 radical (unpaired) electrons. The summed E-state index contributed by atoms with van der Waals surface area (Å²) >= 11 is 0. The smallest absolute Gasteiger partial charge is 0.303 e. The van der Waals surface area contributed by atoms with Gasteiger partial charge in [0.25, 0.3) is 0 Å². The Morgan fingerprint density at radius 2 is 1.81 bits per heavy atom. The summed E-state index contributed by atoms with van der Waals surface area (Å²) in [6.07, 6.45) is 2.57. The van der Waals surface area contributed by atoms with Gasteiger partial charge < -0.3 is 4.74 Å². The highest BCUT2D eigenvalue weighted by Gasteiger charge is 2.45. The van der Waals surface area contributed by atoms with Gasteiger partial charge in [-0.15, -0.1) is 0 Å². The van der Waals surface area contributed by atoms with Crippen LogP contribution >= 0.6 is 0 Å². The third-order valence-electron chi connectivity index (χ3n) is 2.77. The van der Waals surface area contributed by atoms with E-state index in [0.29, 0.717) is 12.8 Å². The van der Waals surface area contributed by atoms with Crippen LogP contribution < -0.4 is 0 Å². The second-order valence-corrected chi connectivity index (χ2v) is 4.12. The van der Waals surface area contributed by atoms with E-state index in [1.165, 1.54) is 13.8 Å². The number of hydrogen-bond acceptors (Lipinski definition) is 4. The molecule has 0 N–H and O–H groups in total. The molecule has 0 heterocycles. The van der Waals surface area contributed by atoms with Crippen molar-refractivity contribution in [1.29, 1.82) is 0 Å². The van der Waals surface area contributed by atoms with Crippen molar-refractivity contribution in [2.24, 2.45) is 0 Å². The zero-order valence-electron chi connectivity index (χ0n) is 10.5. The van der Waals surface area contributed by atoms with Crippen LogP contribution in [-0.4, -0.2) is 22.5 Å². The predicted molar refractivity (Wildman–Crippen MR) is 60.8 cm³/mol. The second-order valence-electron chi connectivity index (χ2n) is 4.12. The molecule has 1 unspecified atom stereocenters. The van der Waals surface area contributed by atoms with Crippen LogP contribution in [0.3, 0.4) is 0 Å². The number of carbonyl (C=O) groups is 1. The van der Waals surface area contributed by atoms with Crippen molar-refractivity contribution in [1.82, 2.24) is 0 Å². The lowest BCUT2D eigenvalue weighted by Gasteiger charge is -2.33. The average molecular weight is 231 g/mol. The standard InChI is InChI=1S/C11H21NO4/c1-5-7-11(8-6-2,16-10(4)13)9(3)12(14)15/h9H,5-8H2,1-4H3. The zero-order chi connectivity index (χ0) is 12.8. The molecular formula is C11H21NO4. The lowest BCUT2D eigenvalue weighted by molar-refractivity contribution is -0.541. The summed E-state index contributed by atoms with van der Waals surface area (Å²) in [6.45, 7) is 6.67. The van der Waals surface area contributed by atoms with Crippen molar-refractivity contribution < 1.29 is 14.5 Å². The zero-order valence-corrected chi connectivity index (χ0v) is 10.5. The Labute approximate surface area is 96.3 Å². The molecule has 0 aromatic heterocycles. The maximum atomic E-state index is 11.1. The fraction of sp³-hybridized carbons (Fsp3) is 0.909. The molecule has 0 spiro atoms. The Bertz CT molecular complexity index is 246. The van der Waals surface area contributed by atoms with E-state index in [4.69, 9.17) is 4.74 Å². The van der Waals surface area contributed by atoms with Crippen LogP contribution in [-0.2, 0) is 9.53 Å². The van der Waals surface area contributed by atoms with Gasteiger partial charge in [0, 0.05) is 18.8 Å². The highest BCUT2D eigenvalue weighted by Crippen LogP contribution is 2.30. The Kier molecular flexibility index (Phi) is 6.00. The predicted octanol–water partition coefficient (Wildman–Crippen LogP) is 2.55. The summed E-state index contributed by atoms with van der Waals surface area (Å²) in [5, 5.41) is 10.9. The average Bonchev–Trinajstić information content (AvgIpc) is 2.16. The van der Waals surface area contributed by atoms with Crippen LogP contribution in [0.15, 0.2) is 0 Å². The number of carbonyl (C=O) groups excluding carboxylic acids is 1. The molecular weight excluding hydrogens is 210 g/mol. The fourth-order valence-electron chi connectivity index (χ4n) is 2.05. The molecule has 5 heteroatoms. The molecule has 0 saturated heterocycles. The molecule has 16 heavy (non-hydrogen) atoms. The molecule has 5 nitrogen and oxygen atoms in total. The number of hydrogen-bond donors (Lipinski definition) is 0. The van der Waals surface area contributed by atoms with Crippen LogP contribution in [0.4, 0.5) is 0 Å². The normalized spacial score (nSPS) is 13.2. The van der Waals surface area contributed by atoms with E-state index in [1.807, 2.05) is 13.8 Å². The molecule has 94 valence electrons. The Hall–Kier alpha value is -1.13. The van der Waals surface area contributed by atoms with Gasteiger partial charge in [0.15, 0.2) is 5.60 Å². The maximum Gasteiger partial charge on any atom is 0.303 e. The molecule has 0 amide bonds. The second kappa shape index (κ2) is 6.45. The first-order chi connectivity index (χ1) is 7.39. The van der Waals surface area contributed by atoms with Gasteiger partial charge in [-0.25, -0.2) is 0 Å². The summed E-state index contributed by atoms with van der Waals surface area (Å²) < 4.78 is 5.26. The van der Waals surface area contributed by atoms with E-state index in [-0.39, 0.29) is 4.92 Å². The number of esters is 1. The number of nitro groups is 1. The first-order valence-electron chi connectivity index (χ1n) is 5.72. The minimum absolute atomic E-state index is 0.367. The lowest BCUT2D eigenvalue weighted by atomic mass is 9.86. The molecule has 0 aromatic carbocycles. The molecule has 0 bridgehead atoms. The third-order valence-corrected chi connectivity index (χ3v) is 2.77. The highest BCUT2D eigenvalue weighted by atomic mass is 16.6. The number of nitrogens with zero attached hydrogens (tertiary/aromatic N) is 1. The largest absolute Gasteiger partial charge is 0.452 e. The van der Waals surface area contributed by atoms with Crippen molar-refractivity contribution in [3.63, 3.8) is 0 Å². The van der Waals surface area contributed by atoms with Crippen molar-refractivity contribution in [2.75, 3.05) is 0 Å². The summed E-state index contributed by atoms with van der Waals surface area (Å²) in [5.41, 5.74) is -0.946. The van der Waals surface area contributed by atoms with Crippen LogP contribution in [0.1, 0.15) is 53.4 Å². The Balaban J connectivity index is 5.05. The van der Waals surface area contributed by atoms with Gasteiger partial charge >= 0.3 is 5.97 Å². The molecule has 0 aromatic rings. The molecule has 0 fully saturated rings. The van der Waals surface area contributed by atoms with E-state index in [1.54, 1.807) is 0 Å². The van der Waals surface area contributed by atoms with Gasteiger partial charge in [0.1, 0.15) is 0 Å². The van der Waals surface area contributed by atoms with Gasteiger partial charge in [0.05, 0.1) is 0 Å². The van der Waals surface area contributed by atoms with E-state index in [2.05, 4.69) is 0 Å². The van der Waals surface area contributed by atoms with Gasteiger partial charge in [-0.1, -0.05) is 26.7 Å². The van der Waals surface area contributed by atoms with Crippen molar-refractivity contribution >= 4 is 5.97 Å². The van der Waals surface area contributed by atoms with Crippen LogP contribution in [0.25, 0.3) is 0 Å². The van der Waals surface area contributed by atoms with Crippen LogP contribution in [0.2, 0.25) is 0 Å². The quantitative estimate of drug-likeness (QED) is 0.383.